The highest BCUT2D eigenvalue weighted by atomic mass is 16.5. The molecule has 0 aliphatic heterocycles. The number of aliphatic hydroxyl groups is 1. The summed E-state index contributed by atoms with van der Waals surface area (Å²) in [5.41, 5.74) is 6.55. The largest absolute Gasteiger partial charge is 0.497 e. The maximum absolute atomic E-state index is 11.8. The summed E-state index contributed by atoms with van der Waals surface area (Å²) in [6.07, 6.45) is 1.42. The van der Waals surface area contributed by atoms with Gasteiger partial charge in [0, 0.05) is 18.8 Å². The molecule has 17 heavy (non-hydrogen) atoms. The molecular weight excluding hydrogens is 220 g/mol. The second kappa shape index (κ2) is 6.75. The first-order chi connectivity index (χ1) is 8.19. The van der Waals surface area contributed by atoms with Crippen LogP contribution >= 0.6 is 0 Å². The number of carbonyl (C=O) groups excluding carboxylic acids is 1. The van der Waals surface area contributed by atoms with E-state index in [9.17, 15) is 4.79 Å². The average Bonchev–Trinajstić information content (AvgIpc) is 2.35. The molecular formula is C12H18N2O3. The number of nitrogen functional groups attached to an aromatic ring is 1. The van der Waals surface area contributed by atoms with Crippen molar-refractivity contribution in [3.05, 3.63) is 23.8 Å². The first-order valence-electron chi connectivity index (χ1n) is 5.51. The van der Waals surface area contributed by atoms with E-state index in [-0.39, 0.29) is 12.5 Å². The number of nitrogens with one attached hydrogen (secondary N) is 1. The standard InChI is InChI=1S/C12H18N2O3/c1-17-9-4-5-11(13)10(8-9)12(16)14-6-2-3-7-15/h4-5,8,15H,2-3,6-7,13H2,1H3,(H,14,16). The summed E-state index contributed by atoms with van der Waals surface area (Å²) in [5.74, 6) is 0.374. The molecule has 0 atom stereocenters. The van der Waals surface area contributed by atoms with Gasteiger partial charge in [-0.25, -0.2) is 0 Å². The Hall–Kier alpha value is -1.75. The third-order valence-corrected chi connectivity index (χ3v) is 2.38. The molecule has 4 N–H and O–H groups in total. The third kappa shape index (κ3) is 3.96. The Balaban J connectivity index is 2.61. The molecule has 0 spiro atoms. The van der Waals surface area contributed by atoms with Crippen molar-refractivity contribution in [3.63, 3.8) is 0 Å². The van der Waals surface area contributed by atoms with Crippen molar-refractivity contribution >= 4 is 11.6 Å². The number of unbranched alkanes of at least 4 members (excludes halogenated alkanes) is 1. The number of methoxy groups -OCH3 is 1. The molecule has 1 amide bonds. The van der Waals surface area contributed by atoms with Crippen LogP contribution in [0.25, 0.3) is 0 Å². The van der Waals surface area contributed by atoms with Gasteiger partial charge >= 0.3 is 0 Å². The van der Waals surface area contributed by atoms with Crippen molar-refractivity contribution in [2.24, 2.45) is 0 Å². The molecule has 0 aliphatic rings. The second-order valence-electron chi connectivity index (χ2n) is 3.64. The van der Waals surface area contributed by atoms with Gasteiger partial charge in [-0.05, 0) is 31.0 Å². The molecule has 0 saturated heterocycles. The van der Waals surface area contributed by atoms with Crippen LogP contribution in [0.1, 0.15) is 23.2 Å². The molecule has 94 valence electrons. The summed E-state index contributed by atoms with van der Waals surface area (Å²) in [5, 5.41) is 11.4. The van der Waals surface area contributed by atoms with Crippen LogP contribution in [0, 0.1) is 0 Å². The molecule has 0 fully saturated rings. The van der Waals surface area contributed by atoms with Gasteiger partial charge in [0.25, 0.3) is 5.91 Å². The predicted molar refractivity (Wildman–Crippen MR) is 66.1 cm³/mol. The quantitative estimate of drug-likeness (QED) is 0.505. The molecule has 1 aromatic rings. The van der Waals surface area contributed by atoms with Crippen LogP contribution in [0.3, 0.4) is 0 Å². The van der Waals surface area contributed by atoms with E-state index in [2.05, 4.69) is 5.32 Å². The van der Waals surface area contributed by atoms with Gasteiger partial charge in [-0.1, -0.05) is 0 Å². The van der Waals surface area contributed by atoms with Crippen molar-refractivity contribution in [1.82, 2.24) is 5.32 Å². The second-order valence-corrected chi connectivity index (χ2v) is 3.64. The minimum atomic E-state index is -0.223. The number of amides is 1. The van der Waals surface area contributed by atoms with Crippen molar-refractivity contribution < 1.29 is 14.6 Å². The van der Waals surface area contributed by atoms with Gasteiger partial charge in [0.2, 0.25) is 0 Å². The van der Waals surface area contributed by atoms with Crippen LogP contribution in [0.4, 0.5) is 5.69 Å². The Kier molecular flexibility index (Phi) is 5.29. The first-order valence-corrected chi connectivity index (χ1v) is 5.51. The molecule has 0 saturated carbocycles. The van der Waals surface area contributed by atoms with E-state index in [1.54, 1.807) is 18.2 Å². The number of aliphatic hydroxyl groups excluding tert-OH is 1. The van der Waals surface area contributed by atoms with Crippen LogP contribution in [0.5, 0.6) is 5.75 Å². The van der Waals surface area contributed by atoms with E-state index in [4.69, 9.17) is 15.6 Å². The summed E-state index contributed by atoms with van der Waals surface area (Å²) in [7, 11) is 1.54. The van der Waals surface area contributed by atoms with E-state index in [1.807, 2.05) is 0 Å². The number of ether oxygens (including phenoxy) is 1. The fourth-order valence-corrected chi connectivity index (χ4v) is 1.39. The molecule has 0 aliphatic carbocycles. The van der Waals surface area contributed by atoms with Crippen molar-refractivity contribution in [2.45, 2.75) is 12.8 Å². The highest BCUT2D eigenvalue weighted by Crippen LogP contribution is 2.19. The summed E-state index contributed by atoms with van der Waals surface area (Å²) in [6.45, 7) is 0.660. The molecule has 0 aromatic heterocycles. The lowest BCUT2D eigenvalue weighted by molar-refractivity contribution is 0.0952. The van der Waals surface area contributed by atoms with Crippen LogP contribution in [0.15, 0.2) is 18.2 Å². The fourth-order valence-electron chi connectivity index (χ4n) is 1.39. The molecule has 0 heterocycles. The molecule has 5 heteroatoms. The minimum absolute atomic E-state index is 0.136. The minimum Gasteiger partial charge on any atom is -0.497 e. The Labute approximate surface area is 101 Å². The van der Waals surface area contributed by atoms with E-state index in [0.717, 1.165) is 6.42 Å². The highest BCUT2D eigenvalue weighted by Gasteiger charge is 2.10. The van der Waals surface area contributed by atoms with Crippen LogP contribution in [-0.4, -0.2) is 31.3 Å². The number of carbonyl (C=O) groups is 1. The van der Waals surface area contributed by atoms with Crippen molar-refractivity contribution in [3.8, 4) is 5.75 Å². The van der Waals surface area contributed by atoms with Crippen LogP contribution < -0.4 is 15.8 Å². The smallest absolute Gasteiger partial charge is 0.253 e. The van der Waals surface area contributed by atoms with Gasteiger partial charge in [0.1, 0.15) is 5.75 Å². The lowest BCUT2D eigenvalue weighted by Crippen LogP contribution is -2.25. The normalized spacial score (nSPS) is 10.0. The molecule has 5 nitrogen and oxygen atoms in total. The zero-order valence-electron chi connectivity index (χ0n) is 9.90. The fraction of sp³-hybridized carbons (Fsp3) is 0.417. The lowest BCUT2D eigenvalue weighted by atomic mass is 10.1. The van der Waals surface area contributed by atoms with Gasteiger partial charge in [-0.15, -0.1) is 0 Å². The number of anilines is 1. The van der Waals surface area contributed by atoms with E-state index in [0.29, 0.717) is 30.0 Å². The predicted octanol–water partition coefficient (Wildman–Crippen LogP) is 0.780. The zero-order valence-corrected chi connectivity index (χ0v) is 9.90. The number of benzene rings is 1. The van der Waals surface area contributed by atoms with Crippen molar-refractivity contribution in [1.29, 1.82) is 0 Å². The lowest BCUT2D eigenvalue weighted by Gasteiger charge is -2.08. The monoisotopic (exact) mass is 238 g/mol. The molecule has 0 unspecified atom stereocenters. The topological polar surface area (TPSA) is 84.6 Å². The maximum Gasteiger partial charge on any atom is 0.253 e. The Morgan fingerprint density at radius 1 is 1.47 bits per heavy atom. The summed E-state index contributed by atoms with van der Waals surface area (Å²) in [4.78, 5) is 11.8. The highest BCUT2D eigenvalue weighted by molar-refractivity contribution is 5.99. The van der Waals surface area contributed by atoms with Gasteiger partial charge in [-0.2, -0.15) is 0 Å². The van der Waals surface area contributed by atoms with E-state index >= 15 is 0 Å². The maximum atomic E-state index is 11.8. The van der Waals surface area contributed by atoms with Gasteiger partial charge in [0.15, 0.2) is 0 Å². The van der Waals surface area contributed by atoms with Gasteiger partial charge in [-0.3, -0.25) is 4.79 Å². The third-order valence-electron chi connectivity index (χ3n) is 2.38. The Morgan fingerprint density at radius 2 is 2.24 bits per heavy atom. The van der Waals surface area contributed by atoms with E-state index < -0.39 is 0 Å². The zero-order chi connectivity index (χ0) is 12.7. The molecule has 0 radical (unpaired) electrons. The van der Waals surface area contributed by atoms with E-state index in [1.165, 1.54) is 7.11 Å². The summed E-state index contributed by atoms with van der Waals surface area (Å²) < 4.78 is 5.03. The number of hydrogen-bond donors (Lipinski definition) is 3. The first kappa shape index (κ1) is 13.3. The van der Waals surface area contributed by atoms with Gasteiger partial charge < -0.3 is 20.9 Å². The number of rotatable bonds is 6. The average molecular weight is 238 g/mol. The SMILES string of the molecule is COc1ccc(N)c(C(=O)NCCCCO)c1. The number of nitrogens with two attached hydrogens (primary N) is 1. The van der Waals surface area contributed by atoms with Crippen LogP contribution in [-0.2, 0) is 0 Å². The summed E-state index contributed by atoms with van der Waals surface area (Å²) >= 11 is 0. The number of hydrogen-bond acceptors (Lipinski definition) is 4. The molecule has 1 rings (SSSR count). The summed E-state index contributed by atoms with van der Waals surface area (Å²) in [6, 6.07) is 4.95. The van der Waals surface area contributed by atoms with Gasteiger partial charge in [0.05, 0.1) is 12.7 Å². The Bertz CT molecular complexity index is 380. The molecule has 1 aromatic carbocycles. The Morgan fingerprint density at radius 3 is 2.88 bits per heavy atom. The van der Waals surface area contributed by atoms with Crippen molar-refractivity contribution in [2.75, 3.05) is 26.0 Å². The van der Waals surface area contributed by atoms with Crippen LogP contribution in [0.2, 0.25) is 0 Å². The molecule has 0 bridgehead atoms.